The largest absolute Gasteiger partial charge is 0.361 e. The highest BCUT2D eigenvalue weighted by Gasteiger charge is 2.24. The van der Waals surface area contributed by atoms with Crippen LogP contribution in [-0.2, 0) is 6.54 Å². The van der Waals surface area contributed by atoms with E-state index in [-0.39, 0.29) is 5.91 Å². The van der Waals surface area contributed by atoms with Crippen molar-refractivity contribution in [1.29, 1.82) is 0 Å². The van der Waals surface area contributed by atoms with Gasteiger partial charge in [0.2, 0.25) is 0 Å². The van der Waals surface area contributed by atoms with Crippen LogP contribution in [0.1, 0.15) is 40.0 Å². The number of fused-ring (bicyclic) bond motifs is 3. The molecule has 5 aromatic rings. The molecule has 0 spiro atoms. The van der Waals surface area contributed by atoms with Gasteiger partial charge < -0.3 is 10.6 Å². The summed E-state index contributed by atoms with van der Waals surface area (Å²) < 4.78 is 2.15. The van der Waals surface area contributed by atoms with E-state index in [9.17, 15) is 4.79 Å². The monoisotopic (exact) mass is 462 g/mol. The van der Waals surface area contributed by atoms with Crippen molar-refractivity contribution < 1.29 is 4.79 Å². The third-order valence-corrected chi connectivity index (χ3v) is 6.56. The zero-order valence-electron chi connectivity index (χ0n) is 19.7. The van der Waals surface area contributed by atoms with Crippen LogP contribution in [-0.4, -0.2) is 31.3 Å². The number of nitrogens with one attached hydrogen (secondary N) is 2. The number of aromatic nitrogens is 4. The molecule has 0 atom stereocenters. The molecule has 0 radical (unpaired) electrons. The number of hydrogen-bond donors (Lipinski definition) is 2. The third-order valence-electron chi connectivity index (χ3n) is 6.56. The van der Waals surface area contributed by atoms with Gasteiger partial charge in [0.15, 0.2) is 11.5 Å². The number of hydrogen-bond acceptors (Lipinski definition) is 5. The van der Waals surface area contributed by atoms with Crippen LogP contribution in [0.5, 0.6) is 0 Å². The highest BCUT2D eigenvalue weighted by Crippen LogP contribution is 2.30. The van der Waals surface area contributed by atoms with Crippen molar-refractivity contribution in [2.75, 3.05) is 5.32 Å². The molecule has 3 heterocycles. The smallest absolute Gasteiger partial charge is 0.251 e. The van der Waals surface area contributed by atoms with Crippen LogP contribution in [0, 0.1) is 13.8 Å². The van der Waals surface area contributed by atoms with Crippen molar-refractivity contribution in [1.82, 2.24) is 24.7 Å². The fraction of sp³-hybridized carbons (Fsp3) is 0.214. The summed E-state index contributed by atoms with van der Waals surface area (Å²) in [6, 6.07) is 18.2. The summed E-state index contributed by atoms with van der Waals surface area (Å²) in [4.78, 5) is 26.5. The van der Waals surface area contributed by atoms with Crippen LogP contribution >= 0.6 is 0 Å². The molecule has 0 saturated heterocycles. The van der Waals surface area contributed by atoms with Gasteiger partial charge in [0, 0.05) is 23.4 Å². The maximum absolute atomic E-state index is 12.4. The normalized spacial score (nSPS) is 13.3. The summed E-state index contributed by atoms with van der Waals surface area (Å²) in [5, 5.41) is 6.48. The van der Waals surface area contributed by atoms with Gasteiger partial charge in [-0.3, -0.25) is 14.2 Å². The van der Waals surface area contributed by atoms with Gasteiger partial charge in [-0.05, 0) is 74.2 Å². The van der Waals surface area contributed by atoms with Gasteiger partial charge in [-0.2, -0.15) is 0 Å². The van der Waals surface area contributed by atoms with Crippen molar-refractivity contribution >= 4 is 28.4 Å². The topological polar surface area (TPSA) is 84.2 Å². The Morgan fingerprint density at radius 2 is 1.83 bits per heavy atom. The van der Waals surface area contributed by atoms with Crippen LogP contribution < -0.4 is 10.6 Å². The molecular formula is C28H26N6O. The quantitative estimate of drug-likeness (QED) is 0.368. The first-order valence-corrected chi connectivity index (χ1v) is 11.9. The van der Waals surface area contributed by atoms with Crippen LogP contribution in [0.2, 0.25) is 0 Å². The Kier molecular flexibility index (Phi) is 5.17. The number of benzene rings is 2. The van der Waals surface area contributed by atoms with Gasteiger partial charge in [0.1, 0.15) is 0 Å². The van der Waals surface area contributed by atoms with Gasteiger partial charge >= 0.3 is 0 Å². The molecule has 2 aromatic carbocycles. The lowest BCUT2D eigenvalue weighted by atomic mass is 10.1. The SMILES string of the molecule is Cc1cc2nc(NCc3ccccn3)c3ncc(-c4ccc(C(=O)NC5CC5)cc4)n3c2cc1C. The first kappa shape index (κ1) is 21.3. The van der Waals surface area contributed by atoms with Crippen LogP contribution in [0.4, 0.5) is 5.82 Å². The summed E-state index contributed by atoms with van der Waals surface area (Å²) in [6.45, 7) is 4.76. The number of aryl methyl sites for hydroxylation is 2. The summed E-state index contributed by atoms with van der Waals surface area (Å²) in [6.07, 6.45) is 5.80. The summed E-state index contributed by atoms with van der Waals surface area (Å²) in [5.41, 5.74) is 8.56. The molecule has 35 heavy (non-hydrogen) atoms. The predicted molar refractivity (Wildman–Crippen MR) is 137 cm³/mol. The molecule has 1 saturated carbocycles. The van der Waals surface area contributed by atoms with Crippen molar-refractivity contribution in [2.45, 2.75) is 39.3 Å². The third kappa shape index (κ3) is 4.10. The van der Waals surface area contributed by atoms with Crippen LogP contribution in [0.25, 0.3) is 27.9 Å². The van der Waals surface area contributed by atoms with Crippen molar-refractivity contribution in [3.8, 4) is 11.3 Å². The molecule has 2 N–H and O–H groups in total. The molecule has 0 unspecified atom stereocenters. The van der Waals surface area contributed by atoms with Crippen molar-refractivity contribution in [3.63, 3.8) is 0 Å². The Labute approximate surface area is 203 Å². The molecule has 7 nitrogen and oxygen atoms in total. The molecule has 3 aromatic heterocycles. The Bertz CT molecular complexity index is 1550. The molecule has 174 valence electrons. The number of anilines is 1. The Morgan fingerprint density at radius 3 is 2.57 bits per heavy atom. The zero-order valence-corrected chi connectivity index (χ0v) is 19.7. The second kappa shape index (κ2) is 8.51. The molecule has 1 fully saturated rings. The highest BCUT2D eigenvalue weighted by molar-refractivity contribution is 5.95. The van der Waals surface area contributed by atoms with E-state index in [1.54, 1.807) is 6.20 Å². The molecule has 7 heteroatoms. The lowest BCUT2D eigenvalue weighted by Crippen LogP contribution is -2.25. The van der Waals surface area contributed by atoms with Gasteiger partial charge in [-0.15, -0.1) is 0 Å². The molecule has 0 bridgehead atoms. The number of imidazole rings is 1. The fourth-order valence-electron chi connectivity index (χ4n) is 4.28. The van der Waals surface area contributed by atoms with Gasteiger partial charge in [-0.1, -0.05) is 18.2 Å². The van der Waals surface area contributed by atoms with Gasteiger partial charge in [0.05, 0.1) is 35.2 Å². The van der Waals surface area contributed by atoms with Crippen molar-refractivity contribution in [2.24, 2.45) is 0 Å². The minimum Gasteiger partial charge on any atom is -0.361 e. The van der Waals surface area contributed by atoms with Gasteiger partial charge in [0.25, 0.3) is 5.91 Å². The number of carbonyl (C=O) groups is 1. The molecule has 0 aliphatic heterocycles. The average molecular weight is 463 g/mol. The van der Waals surface area contributed by atoms with E-state index in [4.69, 9.17) is 9.97 Å². The zero-order chi connectivity index (χ0) is 23.9. The Hall–Kier alpha value is -4.26. The average Bonchev–Trinajstić information content (AvgIpc) is 3.58. The predicted octanol–water partition coefficient (Wildman–Crippen LogP) is 5.07. The molecule has 1 amide bonds. The van der Waals surface area contributed by atoms with Crippen molar-refractivity contribution in [3.05, 3.63) is 89.4 Å². The molecule has 6 rings (SSSR count). The van der Waals surface area contributed by atoms with E-state index in [0.717, 1.165) is 46.5 Å². The number of carbonyl (C=O) groups excluding carboxylic acids is 1. The lowest BCUT2D eigenvalue weighted by Gasteiger charge is -2.13. The van der Waals surface area contributed by atoms with E-state index >= 15 is 0 Å². The summed E-state index contributed by atoms with van der Waals surface area (Å²) in [5.74, 6) is 0.692. The van der Waals surface area contributed by atoms with Gasteiger partial charge in [-0.25, -0.2) is 9.97 Å². The van der Waals surface area contributed by atoms with E-state index < -0.39 is 0 Å². The standard InChI is InChI=1S/C28H26N6O/c1-17-13-23-24(14-18(17)2)34-25(19-6-8-20(9-7-19)28(35)32-21-10-11-21)16-31-27(34)26(33-23)30-15-22-5-3-4-12-29-22/h3-9,12-14,16,21H,10-11,15H2,1-2H3,(H,30,33)(H,32,35). The molecular weight excluding hydrogens is 436 g/mol. The van der Waals surface area contributed by atoms with Crippen LogP contribution in [0.3, 0.4) is 0 Å². The maximum Gasteiger partial charge on any atom is 0.251 e. The van der Waals surface area contributed by atoms with E-state index in [0.29, 0.717) is 24.0 Å². The van der Waals surface area contributed by atoms with E-state index in [1.807, 2.05) is 48.7 Å². The first-order valence-electron chi connectivity index (χ1n) is 11.9. The number of pyridine rings is 1. The molecule has 1 aliphatic rings. The lowest BCUT2D eigenvalue weighted by molar-refractivity contribution is 0.0951. The first-order chi connectivity index (χ1) is 17.1. The summed E-state index contributed by atoms with van der Waals surface area (Å²) >= 11 is 0. The number of amides is 1. The maximum atomic E-state index is 12.4. The van der Waals surface area contributed by atoms with E-state index in [2.05, 4.69) is 46.0 Å². The minimum absolute atomic E-state index is 0.0149. The minimum atomic E-state index is -0.0149. The second-order valence-corrected chi connectivity index (χ2v) is 9.19. The highest BCUT2D eigenvalue weighted by atomic mass is 16.1. The second-order valence-electron chi connectivity index (χ2n) is 9.19. The summed E-state index contributed by atoms with van der Waals surface area (Å²) in [7, 11) is 0. The fourth-order valence-corrected chi connectivity index (χ4v) is 4.28. The van der Waals surface area contributed by atoms with Crippen LogP contribution in [0.15, 0.2) is 67.0 Å². The van der Waals surface area contributed by atoms with E-state index in [1.165, 1.54) is 11.1 Å². The number of rotatable bonds is 6. The molecule has 1 aliphatic carbocycles. The number of nitrogens with zero attached hydrogens (tertiary/aromatic N) is 4. The Balaban J connectivity index is 1.44. The Morgan fingerprint density at radius 1 is 1.03 bits per heavy atom.